The van der Waals surface area contributed by atoms with E-state index in [1.807, 2.05) is 0 Å². The first-order valence-corrected chi connectivity index (χ1v) is 15.0. The van der Waals surface area contributed by atoms with Crippen LogP contribution in [0.1, 0.15) is 41.4 Å². The van der Waals surface area contributed by atoms with Crippen molar-refractivity contribution in [2.45, 2.75) is 0 Å². The van der Waals surface area contributed by atoms with Crippen molar-refractivity contribution < 1.29 is 39.6 Å². The van der Waals surface area contributed by atoms with E-state index in [1.54, 1.807) is 84.9 Å². The molecule has 0 aliphatic heterocycles. The van der Waals surface area contributed by atoms with Gasteiger partial charge in [-0.25, -0.2) is 39.1 Å². The van der Waals surface area contributed by atoms with Gasteiger partial charge in [0.15, 0.2) is 0 Å². The summed E-state index contributed by atoms with van der Waals surface area (Å²) in [5.41, 5.74) is 1.97. The number of aromatic carboxylic acids is 4. The topological polar surface area (TPSA) is 201 Å². The van der Waals surface area contributed by atoms with Crippen molar-refractivity contribution >= 4 is 45.9 Å². The van der Waals surface area contributed by atoms with Crippen molar-refractivity contribution in [3.8, 4) is 45.0 Å². The maximum atomic E-state index is 12.3. The van der Waals surface area contributed by atoms with Crippen LogP contribution < -0.4 is 0 Å². The summed E-state index contributed by atoms with van der Waals surface area (Å²) in [7, 11) is 0. The zero-order chi connectivity index (χ0) is 35.1. The van der Waals surface area contributed by atoms with Crippen LogP contribution in [-0.2, 0) is 0 Å². The number of benzene rings is 5. The highest BCUT2D eigenvalue weighted by molar-refractivity contribution is 6.05. The summed E-state index contributed by atoms with van der Waals surface area (Å²) in [6.07, 6.45) is 0. The van der Waals surface area contributed by atoms with Crippen molar-refractivity contribution in [3.05, 3.63) is 131 Å². The molecule has 2 heterocycles. The predicted molar refractivity (Wildman–Crippen MR) is 182 cm³/mol. The number of carboxylic acid groups (broad SMARTS) is 4. The van der Waals surface area contributed by atoms with Crippen LogP contribution in [0.5, 0.6) is 0 Å². The van der Waals surface area contributed by atoms with Gasteiger partial charge in [0, 0.05) is 22.3 Å². The second-order valence-corrected chi connectivity index (χ2v) is 11.1. The number of fused-ring (bicyclic) bond motifs is 2. The number of hydrogen-bond acceptors (Lipinski definition) is 8. The lowest BCUT2D eigenvalue weighted by Gasteiger charge is -2.16. The van der Waals surface area contributed by atoms with Gasteiger partial charge < -0.3 is 20.4 Å². The van der Waals surface area contributed by atoms with Gasteiger partial charge in [0.1, 0.15) is 0 Å². The second kappa shape index (κ2) is 12.4. The van der Waals surface area contributed by atoms with E-state index in [-0.39, 0.29) is 89.4 Å². The molecule has 0 spiro atoms. The third-order valence-corrected chi connectivity index (χ3v) is 8.10. The number of rotatable bonds is 8. The molecule has 5 aromatic carbocycles. The van der Waals surface area contributed by atoms with E-state index < -0.39 is 23.9 Å². The van der Waals surface area contributed by atoms with Crippen LogP contribution in [-0.4, -0.2) is 64.2 Å². The zero-order valence-corrected chi connectivity index (χ0v) is 25.6. The van der Waals surface area contributed by atoms with Crippen LogP contribution in [0.25, 0.3) is 67.1 Å². The molecule has 7 aromatic rings. The van der Waals surface area contributed by atoms with Gasteiger partial charge in [-0.05, 0) is 36.4 Å². The van der Waals surface area contributed by atoms with Crippen LogP contribution in [0.15, 0.2) is 109 Å². The Kier molecular flexibility index (Phi) is 7.73. The maximum absolute atomic E-state index is 12.3. The Morgan fingerprint density at radius 1 is 0.340 bits per heavy atom. The third kappa shape index (κ3) is 5.42. The molecule has 50 heavy (non-hydrogen) atoms. The number of carbonyl (C=O) groups is 4. The molecule has 0 saturated heterocycles. The van der Waals surface area contributed by atoms with Crippen molar-refractivity contribution in [3.63, 3.8) is 0 Å². The average molecular weight is 663 g/mol. The molecule has 4 N–H and O–H groups in total. The van der Waals surface area contributed by atoms with Gasteiger partial charge >= 0.3 is 23.9 Å². The summed E-state index contributed by atoms with van der Waals surface area (Å²) in [6, 6.07) is 27.8. The predicted octanol–water partition coefficient (Wildman–Crippen LogP) is 7.03. The SMILES string of the molecule is O=C(O)c1ccccc1-c1nc2cc3nc(-c4ccccc4C(=O)O)c(-c4ccccc4C(=O)O)nc3cc2nc1-c1ccccc1C(=O)O. The van der Waals surface area contributed by atoms with Crippen molar-refractivity contribution in [2.75, 3.05) is 0 Å². The Morgan fingerprint density at radius 3 is 0.740 bits per heavy atom. The second-order valence-electron chi connectivity index (χ2n) is 11.1. The first-order chi connectivity index (χ1) is 24.1. The van der Waals surface area contributed by atoms with E-state index in [0.29, 0.717) is 0 Å². The molecule has 7 rings (SSSR count). The molecule has 0 aliphatic rings. The summed E-state index contributed by atoms with van der Waals surface area (Å²) in [5, 5.41) is 40.1. The van der Waals surface area contributed by atoms with E-state index in [0.717, 1.165) is 0 Å². The molecule has 0 unspecified atom stereocenters. The summed E-state index contributed by atoms with van der Waals surface area (Å²) in [4.78, 5) is 68.4. The highest BCUT2D eigenvalue weighted by Gasteiger charge is 2.25. The standard InChI is InChI=1S/C38H22N4O8/c43-35(44)23-13-5-1-9-19(23)31-32(20-10-2-6-14-24(20)36(45)46)40-28-18-30-29(17-27(28)39-31)41-33(21-11-3-7-15-25(21)37(47)48)34(42-30)22-12-4-8-16-26(22)38(49)50/h1-18H,(H,43,44)(H,45,46)(H,47,48)(H,49,50). The fourth-order valence-corrected chi connectivity index (χ4v) is 5.86. The first kappa shape index (κ1) is 31.3. The monoisotopic (exact) mass is 662 g/mol. The normalized spacial score (nSPS) is 11.0. The average Bonchev–Trinajstić information content (AvgIpc) is 3.12. The molecule has 0 bridgehead atoms. The molecule has 0 saturated carbocycles. The van der Waals surface area contributed by atoms with Gasteiger partial charge in [-0.1, -0.05) is 72.8 Å². The molecule has 242 valence electrons. The van der Waals surface area contributed by atoms with Gasteiger partial charge in [-0.2, -0.15) is 0 Å². The van der Waals surface area contributed by atoms with Gasteiger partial charge in [-0.15, -0.1) is 0 Å². The minimum absolute atomic E-state index is 0.0786. The Hall–Kier alpha value is -7.34. The summed E-state index contributed by atoms with van der Waals surface area (Å²) in [5.74, 6) is -4.89. The molecule has 12 heteroatoms. The molecule has 12 nitrogen and oxygen atoms in total. The van der Waals surface area contributed by atoms with Crippen LogP contribution >= 0.6 is 0 Å². The van der Waals surface area contributed by atoms with Gasteiger partial charge in [-0.3, -0.25) is 0 Å². The molecule has 0 aliphatic carbocycles. The molecule has 0 atom stereocenters. The van der Waals surface area contributed by atoms with Gasteiger partial charge in [0.05, 0.1) is 67.1 Å². The highest BCUT2D eigenvalue weighted by Crippen LogP contribution is 2.38. The Balaban J connectivity index is 1.59. The van der Waals surface area contributed by atoms with E-state index >= 15 is 0 Å². The molecule has 0 fully saturated rings. The smallest absolute Gasteiger partial charge is 0.336 e. The lowest BCUT2D eigenvalue weighted by atomic mass is 9.96. The number of carboxylic acids is 4. The Bertz CT molecular complexity index is 2230. The maximum Gasteiger partial charge on any atom is 0.336 e. The highest BCUT2D eigenvalue weighted by atomic mass is 16.4. The molecule has 2 aromatic heterocycles. The largest absolute Gasteiger partial charge is 0.478 e. The van der Waals surface area contributed by atoms with E-state index in [4.69, 9.17) is 19.9 Å². The molecular formula is C38H22N4O8. The minimum atomic E-state index is -1.22. The fraction of sp³-hybridized carbons (Fsp3) is 0. The zero-order valence-electron chi connectivity index (χ0n) is 25.6. The van der Waals surface area contributed by atoms with Crippen molar-refractivity contribution in [1.29, 1.82) is 0 Å². The van der Waals surface area contributed by atoms with Gasteiger partial charge in [0.25, 0.3) is 0 Å². The first-order valence-electron chi connectivity index (χ1n) is 15.0. The minimum Gasteiger partial charge on any atom is -0.478 e. The van der Waals surface area contributed by atoms with Crippen molar-refractivity contribution in [2.24, 2.45) is 0 Å². The summed E-state index contributed by atoms with van der Waals surface area (Å²) < 4.78 is 0. The Morgan fingerprint density at radius 2 is 0.540 bits per heavy atom. The summed E-state index contributed by atoms with van der Waals surface area (Å²) in [6.45, 7) is 0. The van der Waals surface area contributed by atoms with E-state index in [1.165, 1.54) is 24.3 Å². The van der Waals surface area contributed by atoms with Crippen molar-refractivity contribution in [1.82, 2.24) is 19.9 Å². The molecule has 0 radical (unpaired) electrons. The van der Waals surface area contributed by atoms with Crippen LogP contribution in [0.3, 0.4) is 0 Å². The van der Waals surface area contributed by atoms with E-state index in [2.05, 4.69) is 0 Å². The Labute approximate surface area is 281 Å². The summed E-state index contributed by atoms with van der Waals surface area (Å²) >= 11 is 0. The number of aromatic nitrogens is 4. The molecule has 0 amide bonds. The number of hydrogen-bond donors (Lipinski definition) is 4. The van der Waals surface area contributed by atoms with Crippen LogP contribution in [0, 0.1) is 0 Å². The lowest BCUT2D eigenvalue weighted by molar-refractivity contribution is 0.0686. The molecular weight excluding hydrogens is 640 g/mol. The van der Waals surface area contributed by atoms with Crippen LogP contribution in [0.2, 0.25) is 0 Å². The quantitative estimate of drug-likeness (QED) is 0.121. The lowest BCUT2D eigenvalue weighted by Crippen LogP contribution is -2.06. The third-order valence-electron chi connectivity index (χ3n) is 8.10. The van der Waals surface area contributed by atoms with Gasteiger partial charge in [0.2, 0.25) is 0 Å². The van der Waals surface area contributed by atoms with E-state index in [9.17, 15) is 39.6 Å². The van der Waals surface area contributed by atoms with Crippen LogP contribution in [0.4, 0.5) is 0 Å². The number of nitrogens with zero attached hydrogens (tertiary/aromatic N) is 4. The fourth-order valence-electron chi connectivity index (χ4n) is 5.86.